The third kappa shape index (κ3) is 12.0. The molecule has 10 heteroatoms. The molecule has 0 bridgehead atoms. The first-order valence-electron chi connectivity index (χ1n) is 8.33. The van der Waals surface area contributed by atoms with Crippen molar-refractivity contribution < 1.29 is 20.9 Å². The second-order valence-corrected chi connectivity index (χ2v) is 29.1. The number of rotatable bonds is 10. The quantitative estimate of drug-likeness (QED) is 0.483. The van der Waals surface area contributed by atoms with Gasteiger partial charge in [-0.25, -0.2) is 0 Å². The van der Waals surface area contributed by atoms with Crippen LogP contribution in [0.2, 0.25) is 72.0 Å². The minimum atomic E-state index is -3.25. The lowest BCUT2D eigenvalue weighted by Gasteiger charge is -2.43. The summed E-state index contributed by atoms with van der Waals surface area (Å²) < 4.78 is 31.9. The largest absolute Gasteiger partial charge is 0.638 e. The van der Waals surface area contributed by atoms with Crippen LogP contribution in [-0.2, 0) is 20.9 Å². The molecule has 0 unspecified atom stereocenters. The van der Waals surface area contributed by atoms with Crippen LogP contribution in [0.15, 0.2) is 0 Å². The fraction of sp³-hybridized carbons (Fsp3) is 1.00. The molecule has 0 spiro atoms. The van der Waals surface area contributed by atoms with E-state index in [4.69, 9.17) is 20.9 Å². The second-order valence-electron chi connectivity index (χ2n) is 9.08. The smallest absolute Gasteiger partial charge is 0.396 e. The number of hydrogen-bond donors (Lipinski definition) is 0. The SMILES string of the molecule is CCO[Si](C)(C)O[Si](O[Si](C)(C)C)(O[Si](C)(C)C)O[Si](C)(C)C. The van der Waals surface area contributed by atoms with Crippen molar-refractivity contribution in [2.24, 2.45) is 0 Å². The molecular formula is C13H38O5Si5. The predicted molar refractivity (Wildman–Crippen MR) is 109 cm³/mol. The zero-order chi connectivity index (χ0) is 18.7. The third-order valence-corrected chi connectivity index (χ3v) is 16.5. The molecule has 0 aromatic rings. The molecule has 0 N–H and O–H groups in total. The van der Waals surface area contributed by atoms with E-state index in [1.54, 1.807) is 0 Å². The molecule has 0 saturated heterocycles. The zero-order valence-electron chi connectivity index (χ0n) is 17.2. The monoisotopic (exact) mass is 414 g/mol. The third-order valence-electron chi connectivity index (χ3n) is 2.16. The first-order chi connectivity index (χ1) is 9.89. The Morgan fingerprint density at radius 3 is 1.04 bits per heavy atom. The van der Waals surface area contributed by atoms with E-state index in [2.05, 4.69) is 58.9 Å². The molecule has 0 aliphatic carbocycles. The summed E-state index contributed by atoms with van der Waals surface area (Å²) in [4.78, 5) is 0. The van der Waals surface area contributed by atoms with E-state index in [-0.39, 0.29) is 0 Å². The van der Waals surface area contributed by atoms with Crippen LogP contribution < -0.4 is 0 Å². The molecule has 0 aromatic carbocycles. The van der Waals surface area contributed by atoms with Crippen molar-refractivity contribution in [1.29, 1.82) is 0 Å². The Morgan fingerprint density at radius 1 is 0.522 bits per heavy atom. The highest BCUT2D eigenvalue weighted by atomic mass is 28.5. The van der Waals surface area contributed by atoms with Gasteiger partial charge in [-0.3, -0.25) is 0 Å². The van der Waals surface area contributed by atoms with Crippen molar-refractivity contribution in [2.75, 3.05) is 6.61 Å². The summed E-state index contributed by atoms with van der Waals surface area (Å²) in [6.07, 6.45) is 0. The van der Waals surface area contributed by atoms with Gasteiger partial charge in [-0.2, -0.15) is 0 Å². The zero-order valence-corrected chi connectivity index (χ0v) is 22.2. The fourth-order valence-electron chi connectivity index (χ4n) is 1.93. The van der Waals surface area contributed by atoms with E-state index in [9.17, 15) is 0 Å². The average molecular weight is 415 g/mol. The molecule has 0 saturated carbocycles. The maximum atomic E-state index is 6.49. The van der Waals surface area contributed by atoms with Crippen LogP contribution in [0.25, 0.3) is 0 Å². The lowest BCUT2D eigenvalue weighted by atomic mass is 10.9. The lowest BCUT2D eigenvalue weighted by molar-refractivity contribution is 0.121. The average Bonchev–Trinajstić information content (AvgIpc) is 2.03. The van der Waals surface area contributed by atoms with Gasteiger partial charge in [-0.15, -0.1) is 0 Å². The molecule has 0 atom stereocenters. The van der Waals surface area contributed by atoms with Crippen LogP contribution in [0, 0.1) is 0 Å². The van der Waals surface area contributed by atoms with Crippen molar-refractivity contribution >= 4 is 42.6 Å². The van der Waals surface area contributed by atoms with E-state index >= 15 is 0 Å². The van der Waals surface area contributed by atoms with Gasteiger partial charge in [0.2, 0.25) is 0 Å². The minimum Gasteiger partial charge on any atom is -0.396 e. The molecule has 0 rings (SSSR count). The molecule has 0 amide bonds. The van der Waals surface area contributed by atoms with Gasteiger partial charge >= 0.3 is 17.6 Å². The Bertz CT molecular complexity index is 330. The van der Waals surface area contributed by atoms with Crippen LogP contribution >= 0.6 is 0 Å². The molecule has 0 aromatic heterocycles. The summed E-state index contributed by atoms with van der Waals surface area (Å²) in [6, 6.07) is 0. The summed E-state index contributed by atoms with van der Waals surface area (Å²) in [5.41, 5.74) is 0. The van der Waals surface area contributed by atoms with Crippen molar-refractivity contribution in [1.82, 2.24) is 0 Å². The summed E-state index contributed by atoms with van der Waals surface area (Å²) in [5, 5.41) is 0. The molecule has 0 heterocycles. The first-order valence-corrected chi connectivity index (χ1v) is 23.0. The number of hydrogen-bond acceptors (Lipinski definition) is 5. The van der Waals surface area contributed by atoms with Gasteiger partial charge in [0.25, 0.3) is 0 Å². The van der Waals surface area contributed by atoms with Crippen LogP contribution in [0.4, 0.5) is 0 Å². The van der Waals surface area contributed by atoms with Crippen molar-refractivity contribution in [3.63, 3.8) is 0 Å². The molecule has 5 nitrogen and oxygen atoms in total. The van der Waals surface area contributed by atoms with Crippen molar-refractivity contribution in [3.05, 3.63) is 0 Å². The van der Waals surface area contributed by atoms with Gasteiger partial charge in [0.1, 0.15) is 0 Å². The molecule has 140 valence electrons. The van der Waals surface area contributed by atoms with Gasteiger partial charge in [0.15, 0.2) is 25.0 Å². The van der Waals surface area contributed by atoms with E-state index in [0.717, 1.165) is 0 Å². The Balaban J connectivity index is 5.81. The topological polar surface area (TPSA) is 46.2 Å². The lowest BCUT2D eigenvalue weighted by Crippen LogP contribution is -2.66. The fourth-order valence-corrected chi connectivity index (χ4v) is 17.5. The molecule has 0 fully saturated rings. The Kier molecular flexibility index (Phi) is 8.37. The van der Waals surface area contributed by atoms with Gasteiger partial charge in [0, 0.05) is 6.61 Å². The Hall–Kier alpha value is 0.884. The molecule has 23 heavy (non-hydrogen) atoms. The van der Waals surface area contributed by atoms with Gasteiger partial charge < -0.3 is 20.9 Å². The first kappa shape index (κ1) is 23.9. The maximum absolute atomic E-state index is 6.49. The van der Waals surface area contributed by atoms with E-state index in [1.165, 1.54) is 0 Å². The van der Waals surface area contributed by atoms with Gasteiger partial charge in [0.05, 0.1) is 0 Å². The van der Waals surface area contributed by atoms with E-state index < -0.39 is 42.6 Å². The van der Waals surface area contributed by atoms with Crippen LogP contribution in [0.5, 0.6) is 0 Å². The summed E-state index contributed by atoms with van der Waals surface area (Å²) in [7, 11) is -11.4. The van der Waals surface area contributed by atoms with Crippen LogP contribution in [0.3, 0.4) is 0 Å². The Morgan fingerprint density at radius 2 is 0.826 bits per heavy atom. The maximum Gasteiger partial charge on any atom is 0.638 e. The highest BCUT2D eigenvalue weighted by Gasteiger charge is 2.56. The van der Waals surface area contributed by atoms with Crippen LogP contribution in [0.1, 0.15) is 6.92 Å². The molecule has 0 aliphatic rings. The van der Waals surface area contributed by atoms with Gasteiger partial charge in [-0.1, -0.05) is 0 Å². The highest BCUT2D eigenvalue weighted by molar-refractivity contribution is 6.90. The second kappa shape index (κ2) is 8.06. The normalized spacial score (nSPS) is 15.1. The van der Waals surface area contributed by atoms with E-state index in [1.807, 2.05) is 20.0 Å². The summed E-state index contributed by atoms with van der Waals surface area (Å²) >= 11 is 0. The van der Waals surface area contributed by atoms with Crippen LogP contribution in [-0.4, -0.2) is 49.2 Å². The molecule has 0 aliphatic heterocycles. The molecule has 0 radical (unpaired) electrons. The highest BCUT2D eigenvalue weighted by Crippen LogP contribution is 2.29. The van der Waals surface area contributed by atoms with Crippen molar-refractivity contribution in [3.8, 4) is 0 Å². The summed E-state index contributed by atoms with van der Waals surface area (Å²) in [6.45, 7) is 26.0. The molecular weight excluding hydrogens is 377 g/mol. The predicted octanol–water partition coefficient (Wildman–Crippen LogP) is 4.73. The van der Waals surface area contributed by atoms with Gasteiger partial charge in [-0.05, 0) is 78.9 Å². The van der Waals surface area contributed by atoms with Crippen molar-refractivity contribution in [2.45, 2.75) is 78.9 Å². The summed E-state index contributed by atoms with van der Waals surface area (Å²) in [5.74, 6) is 0. The standard InChI is InChI=1S/C13H38O5Si5/c1-13-14-22(11,12)18-23(15-19(2,3)4,16-20(5,6)7)17-21(8,9)10/h13H2,1-12H3. The van der Waals surface area contributed by atoms with E-state index in [0.29, 0.717) is 6.61 Å². The minimum absolute atomic E-state index is 0.622. The Labute approximate surface area is 149 Å².